The fourth-order valence-corrected chi connectivity index (χ4v) is 8.27. The van der Waals surface area contributed by atoms with E-state index in [2.05, 4.69) is 41.6 Å². The molecule has 3 saturated carbocycles. The highest BCUT2D eigenvalue weighted by atomic mass is 16.6. The minimum absolute atomic E-state index is 0.0672. The molecule has 0 aromatic carbocycles. The second kappa shape index (κ2) is 11.8. The summed E-state index contributed by atoms with van der Waals surface area (Å²) in [5.74, 6) is 1.33. The van der Waals surface area contributed by atoms with Crippen molar-refractivity contribution in [1.82, 2.24) is 10.6 Å². The first kappa shape index (κ1) is 31.0. The number of hydrogen-bond acceptors (Lipinski definition) is 7. The van der Waals surface area contributed by atoms with Crippen LogP contribution in [-0.4, -0.2) is 69.7 Å². The third-order valence-electron chi connectivity index (χ3n) is 10.8. The van der Waals surface area contributed by atoms with Gasteiger partial charge in [-0.3, -0.25) is 9.59 Å². The molecule has 4 aliphatic carbocycles. The zero-order valence-electron chi connectivity index (χ0n) is 24.6. The highest BCUT2D eigenvalue weighted by Crippen LogP contribution is 2.67. The monoisotopic (exact) mass is 571 g/mol. The molecule has 4 rings (SSSR count). The Hall–Kier alpha value is -2.90. The Morgan fingerprint density at radius 1 is 1.12 bits per heavy atom. The van der Waals surface area contributed by atoms with Gasteiger partial charge in [0.1, 0.15) is 17.7 Å². The Morgan fingerprint density at radius 2 is 1.83 bits per heavy atom. The highest BCUT2D eigenvalue weighted by Gasteiger charge is 2.63. The standard InChI is InChI=1S/C31H45N3O7/c1-6-31(40)14-11-23-21-8-7-19-15-20(9-12-29(19,4)22(21)10-13-30(23,31)5)34-41-17-25(36)33-26(18(2)3)27(37)32-24(16-35)28(38)39/h1,15,18,21-24,26,35,40H,7-14,16-17H2,2-5H3,(H,32,37)(H,33,36)(H,38,39)/b34-20-/t21-,22+,23+,24+,26-,29+,30+,31-/m1/s1. The molecule has 0 aliphatic heterocycles. The van der Waals surface area contributed by atoms with E-state index in [0.29, 0.717) is 24.2 Å². The molecular weight excluding hydrogens is 526 g/mol. The third-order valence-corrected chi connectivity index (χ3v) is 10.8. The van der Waals surface area contributed by atoms with Crippen molar-refractivity contribution >= 4 is 23.5 Å². The molecule has 0 saturated heterocycles. The number of carbonyl (C=O) groups excluding carboxylic acids is 2. The Morgan fingerprint density at radius 3 is 2.46 bits per heavy atom. The molecule has 0 bridgehead atoms. The van der Waals surface area contributed by atoms with Gasteiger partial charge >= 0.3 is 5.97 Å². The number of nitrogens with one attached hydrogen (secondary N) is 2. The first-order chi connectivity index (χ1) is 19.3. The van der Waals surface area contributed by atoms with Crippen LogP contribution < -0.4 is 10.6 Å². The van der Waals surface area contributed by atoms with Crippen LogP contribution in [0.4, 0.5) is 0 Å². The normalized spacial score (nSPS) is 36.6. The van der Waals surface area contributed by atoms with Crippen molar-refractivity contribution in [2.75, 3.05) is 13.2 Å². The van der Waals surface area contributed by atoms with Gasteiger partial charge in [0.25, 0.3) is 5.91 Å². The molecule has 226 valence electrons. The lowest BCUT2D eigenvalue weighted by Crippen LogP contribution is -2.55. The van der Waals surface area contributed by atoms with Crippen LogP contribution in [0.25, 0.3) is 0 Å². The minimum atomic E-state index is -1.45. The summed E-state index contributed by atoms with van der Waals surface area (Å²) in [4.78, 5) is 41.5. The van der Waals surface area contributed by atoms with Crippen LogP contribution in [0.3, 0.4) is 0 Å². The number of aliphatic hydroxyl groups excluding tert-OH is 1. The molecule has 5 N–H and O–H groups in total. The maximum absolute atomic E-state index is 12.5. The molecular formula is C31H45N3O7. The Balaban J connectivity index is 1.36. The number of terminal acetylenes is 1. The molecule has 0 heterocycles. The van der Waals surface area contributed by atoms with Crippen LogP contribution in [0.1, 0.15) is 79.1 Å². The first-order valence-corrected chi connectivity index (χ1v) is 14.8. The molecule has 8 atom stereocenters. The summed E-state index contributed by atoms with van der Waals surface area (Å²) in [5.41, 5.74) is 1.01. The van der Waals surface area contributed by atoms with Crippen molar-refractivity contribution in [3.05, 3.63) is 11.6 Å². The van der Waals surface area contributed by atoms with E-state index >= 15 is 0 Å². The van der Waals surface area contributed by atoms with Crippen molar-refractivity contribution in [3.8, 4) is 12.3 Å². The summed E-state index contributed by atoms with van der Waals surface area (Å²) in [6.45, 7) is 6.86. The number of aliphatic carboxylic acids is 1. The van der Waals surface area contributed by atoms with Crippen molar-refractivity contribution in [2.45, 2.75) is 96.7 Å². The van der Waals surface area contributed by atoms with E-state index in [0.717, 1.165) is 50.7 Å². The summed E-state index contributed by atoms with van der Waals surface area (Å²) in [5, 5.41) is 38.5. The zero-order chi connectivity index (χ0) is 30.2. The summed E-state index contributed by atoms with van der Waals surface area (Å²) in [6.07, 6.45) is 15.3. The number of carboxylic acid groups (broad SMARTS) is 1. The fourth-order valence-electron chi connectivity index (χ4n) is 8.27. The second-order valence-corrected chi connectivity index (χ2v) is 13.2. The number of hydrogen-bond donors (Lipinski definition) is 5. The number of rotatable bonds is 9. The number of amides is 2. The predicted molar refractivity (Wildman–Crippen MR) is 152 cm³/mol. The summed E-state index contributed by atoms with van der Waals surface area (Å²) in [7, 11) is 0. The molecule has 0 spiro atoms. The van der Waals surface area contributed by atoms with E-state index in [-0.39, 0.29) is 23.4 Å². The SMILES string of the molecule is C#C[C@@]1(O)CC[C@H]2[C@@H]3CCC4=C/C(=N\OCC(=O)N[C@@H](C(=O)N[C@@H](CO)C(=O)O)C(C)C)CC[C@]4(C)[C@H]3CC[C@@]21C. The quantitative estimate of drug-likeness (QED) is 0.210. The summed E-state index contributed by atoms with van der Waals surface area (Å²) in [6, 6.07) is -2.44. The van der Waals surface area contributed by atoms with E-state index in [1.54, 1.807) is 13.8 Å². The maximum atomic E-state index is 12.5. The number of carbonyl (C=O) groups is 3. The van der Waals surface area contributed by atoms with Crippen molar-refractivity contribution in [3.63, 3.8) is 0 Å². The third kappa shape index (κ3) is 5.63. The molecule has 0 aromatic heterocycles. The van der Waals surface area contributed by atoms with Gasteiger partial charge in [-0.05, 0) is 86.5 Å². The lowest BCUT2D eigenvalue weighted by Gasteiger charge is -2.58. The van der Waals surface area contributed by atoms with Gasteiger partial charge in [-0.15, -0.1) is 6.42 Å². The van der Waals surface area contributed by atoms with Gasteiger partial charge in [0, 0.05) is 5.41 Å². The van der Waals surface area contributed by atoms with Crippen LogP contribution in [0.5, 0.6) is 0 Å². The van der Waals surface area contributed by atoms with Gasteiger partial charge < -0.3 is 30.8 Å². The summed E-state index contributed by atoms with van der Waals surface area (Å²) < 4.78 is 0. The van der Waals surface area contributed by atoms with Crippen molar-refractivity contribution < 1.29 is 34.5 Å². The number of aliphatic hydroxyl groups is 2. The first-order valence-electron chi connectivity index (χ1n) is 14.8. The van der Waals surface area contributed by atoms with Crippen LogP contribution in [0, 0.1) is 46.8 Å². The van der Waals surface area contributed by atoms with Gasteiger partial charge in [0.15, 0.2) is 6.61 Å². The molecule has 10 heteroatoms. The van der Waals surface area contributed by atoms with Crippen LogP contribution in [0.2, 0.25) is 0 Å². The zero-order valence-corrected chi connectivity index (χ0v) is 24.6. The van der Waals surface area contributed by atoms with E-state index in [4.69, 9.17) is 21.5 Å². The lowest BCUT2D eigenvalue weighted by atomic mass is 9.46. The molecule has 41 heavy (non-hydrogen) atoms. The Bertz CT molecular complexity index is 1160. The topological polar surface area (TPSA) is 158 Å². The van der Waals surface area contributed by atoms with Crippen LogP contribution >= 0.6 is 0 Å². The molecule has 0 aromatic rings. The molecule has 0 radical (unpaired) electrons. The van der Waals surface area contributed by atoms with Crippen molar-refractivity contribution in [2.24, 2.45) is 39.7 Å². The average Bonchev–Trinajstić information content (AvgIpc) is 3.20. The van der Waals surface area contributed by atoms with E-state index < -0.39 is 42.1 Å². The number of nitrogens with zero attached hydrogens (tertiary/aromatic N) is 1. The predicted octanol–water partition coefficient (Wildman–Crippen LogP) is 2.39. The molecule has 4 aliphatic rings. The largest absolute Gasteiger partial charge is 0.480 e. The van der Waals surface area contributed by atoms with E-state index in [1.807, 2.05) is 0 Å². The van der Waals surface area contributed by atoms with Gasteiger partial charge in [-0.1, -0.05) is 44.3 Å². The smallest absolute Gasteiger partial charge is 0.328 e. The fraction of sp³-hybridized carbons (Fsp3) is 0.742. The van der Waals surface area contributed by atoms with Gasteiger partial charge in [0.2, 0.25) is 5.91 Å². The Kier molecular flexibility index (Phi) is 8.91. The van der Waals surface area contributed by atoms with E-state index in [1.165, 1.54) is 5.57 Å². The van der Waals surface area contributed by atoms with Crippen LogP contribution in [-0.2, 0) is 19.2 Å². The minimum Gasteiger partial charge on any atom is -0.480 e. The number of fused-ring (bicyclic) bond motifs is 5. The molecule has 0 unspecified atom stereocenters. The van der Waals surface area contributed by atoms with Gasteiger partial charge in [-0.25, -0.2) is 4.79 Å². The maximum Gasteiger partial charge on any atom is 0.328 e. The summed E-state index contributed by atoms with van der Waals surface area (Å²) >= 11 is 0. The van der Waals surface area contributed by atoms with Gasteiger partial charge in [0.05, 0.1) is 12.3 Å². The number of oxime groups is 1. The number of allylic oxidation sites excluding steroid dienone is 2. The molecule has 2 amide bonds. The Labute approximate surface area is 242 Å². The number of carboxylic acids is 1. The molecule has 3 fully saturated rings. The van der Waals surface area contributed by atoms with Crippen LogP contribution in [0.15, 0.2) is 16.8 Å². The highest BCUT2D eigenvalue weighted by molar-refractivity contribution is 5.96. The van der Waals surface area contributed by atoms with Gasteiger partial charge in [-0.2, -0.15) is 0 Å². The van der Waals surface area contributed by atoms with Crippen molar-refractivity contribution in [1.29, 1.82) is 0 Å². The molecule has 10 nitrogen and oxygen atoms in total. The lowest BCUT2D eigenvalue weighted by molar-refractivity contribution is -0.143. The van der Waals surface area contributed by atoms with E-state index in [9.17, 15) is 19.5 Å². The average molecular weight is 572 g/mol. The second-order valence-electron chi connectivity index (χ2n) is 13.2.